The van der Waals surface area contributed by atoms with E-state index in [1.165, 1.54) is 12.8 Å². The topological polar surface area (TPSA) is 29.1 Å². The SMILES string of the molecule is CSCC(=O)NC(CCCC(C)C)C(C)(C)C. The Morgan fingerprint density at radius 1 is 1.24 bits per heavy atom. The van der Waals surface area contributed by atoms with Crippen molar-refractivity contribution in [3.8, 4) is 0 Å². The van der Waals surface area contributed by atoms with Gasteiger partial charge in [0.15, 0.2) is 0 Å². The van der Waals surface area contributed by atoms with E-state index in [4.69, 9.17) is 0 Å². The molecule has 0 aliphatic carbocycles. The number of carbonyl (C=O) groups is 1. The van der Waals surface area contributed by atoms with Gasteiger partial charge in [-0.05, 0) is 24.0 Å². The zero-order valence-electron chi connectivity index (χ0n) is 12.3. The van der Waals surface area contributed by atoms with Gasteiger partial charge in [-0.15, -0.1) is 0 Å². The molecule has 0 spiro atoms. The van der Waals surface area contributed by atoms with E-state index in [9.17, 15) is 4.79 Å². The van der Waals surface area contributed by atoms with Crippen LogP contribution in [0.2, 0.25) is 0 Å². The van der Waals surface area contributed by atoms with Crippen molar-refractivity contribution in [2.45, 2.75) is 59.9 Å². The molecule has 0 aromatic heterocycles. The molecule has 17 heavy (non-hydrogen) atoms. The van der Waals surface area contributed by atoms with Gasteiger partial charge >= 0.3 is 0 Å². The van der Waals surface area contributed by atoms with Gasteiger partial charge in [0.1, 0.15) is 0 Å². The second-order valence-electron chi connectivity index (χ2n) is 6.24. The van der Waals surface area contributed by atoms with Gasteiger partial charge in [-0.2, -0.15) is 11.8 Å². The summed E-state index contributed by atoms with van der Waals surface area (Å²) < 4.78 is 0. The Hall–Kier alpha value is -0.180. The van der Waals surface area contributed by atoms with E-state index >= 15 is 0 Å². The third kappa shape index (κ3) is 8.53. The summed E-state index contributed by atoms with van der Waals surface area (Å²) in [5.74, 6) is 1.48. The summed E-state index contributed by atoms with van der Waals surface area (Å²) in [6, 6.07) is 0.292. The summed E-state index contributed by atoms with van der Waals surface area (Å²) in [5.41, 5.74) is 0.144. The zero-order chi connectivity index (χ0) is 13.5. The Balaban J connectivity index is 4.20. The normalized spacial score (nSPS) is 13.8. The lowest BCUT2D eigenvalue weighted by molar-refractivity contribution is -0.120. The van der Waals surface area contributed by atoms with E-state index in [0.717, 1.165) is 12.3 Å². The molecular weight excluding hydrogens is 230 g/mol. The van der Waals surface area contributed by atoms with Crippen LogP contribution < -0.4 is 5.32 Å². The number of nitrogens with one attached hydrogen (secondary N) is 1. The third-order valence-corrected chi connectivity index (χ3v) is 3.48. The first-order chi connectivity index (χ1) is 7.77. The van der Waals surface area contributed by atoms with Crippen LogP contribution in [0.15, 0.2) is 0 Å². The molecule has 0 heterocycles. The summed E-state index contributed by atoms with van der Waals surface area (Å²) in [5, 5.41) is 3.17. The van der Waals surface area contributed by atoms with E-state index in [-0.39, 0.29) is 11.3 Å². The highest BCUT2D eigenvalue weighted by molar-refractivity contribution is 7.99. The summed E-state index contributed by atoms with van der Waals surface area (Å²) in [6.07, 6.45) is 5.48. The second kappa shape index (κ2) is 8.02. The van der Waals surface area contributed by atoms with Crippen molar-refractivity contribution in [3.63, 3.8) is 0 Å². The van der Waals surface area contributed by atoms with Crippen LogP contribution in [0.1, 0.15) is 53.9 Å². The van der Waals surface area contributed by atoms with E-state index in [1.54, 1.807) is 11.8 Å². The Morgan fingerprint density at radius 2 is 1.82 bits per heavy atom. The number of hydrogen-bond donors (Lipinski definition) is 1. The molecule has 1 amide bonds. The Kier molecular flexibility index (Phi) is 7.93. The maximum absolute atomic E-state index is 11.7. The lowest BCUT2D eigenvalue weighted by Gasteiger charge is -2.31. The van der Waals surface area contributed by atoms with Gasteiger partial charge in [0.25, 0.3) is 0 Å². The van der Waals surface area contributed by atoms with Crippen molar-refractivity contribution in [1.82, 2.24) is 5.32 Å². The molecule has 0 aromatic rings. The molecule has 0 aromatic carbocycles. The highest BCUT2D eigenvalue weighted by Crippen LogP contribution is 2.24. The lowest BCUT2D eigenvalue weighted by atomic mass is 9.83. The van der Waals surface area contributed by atoms with Crippen LogP contribution in [0.25, 0.3) is 0 Å². The standard InChI is InChI=1S/C14H29NOS/c1-11(2)8-7-9-12(14(3,4)5)15-13(16)10-17-6/h11-12H,7-10H2,1-6H3,(H,15,16). The van der Waals surface area contributed by atoms with Crippen molar-refractivity contribution in [2.24, 2.45) is 11.3 Å². The average Bonchev–Trinajstić information content (AvgIpc) is 2.14. The first-order valence-electron chi connectivity index (χ1n) is 6.55. The monoisotopic (exact) mass is 259 g/mol. The van der Waals surface area contributed by atoms with Crippen LogP contribution in [0.4, 0.5) is 0 Å². The minimum atomic E-state index is 0.144. The predicted molar refractivity (Wildman–Crippen MR) is 78.5 cm³/mol. The molecule has 0 rings (SSSR count). The van der Waals surface area contributed by atoms with E-state index in [0.29, 0.717) is 11.8 Å². The molecule has 0 bridgehead atoms. The first kappa shape index (κ1) is 16.8. The van der Waals surface area contributed by atoms with Gasteiger partial charge in [-0.3, -0.25) is 4.79 Å². The Morgan fingerprint density at radius 3 is 2.24 bits per heavy atom. The number of hydrogen-bond acceptors (Lipinski definition) is 2. The molecule has 3 heteroatoms. The molecule has 0 saturated carbocycles. The summed E-state index contributed by atoms with van der Waals surface area (Å²) in [7, 11) is 0. The number of carbonyl (C=O) groups excluding carboxylic acids is 1. The van der Waals surface area contributed by atoms with Crippen LogP contribution in [0, 0.1) is 11.3 Å². The van der Waals surface area contributed by atoms with Gasteiger partial charge in [-0.25, -0.2) is 0 Å². The average molecular weight is 259 g/mol. The number of thioether (sulfide) groups is 1. The molecule has 1 unspecified atom stereocenters. The quantitative estimate of drug-likeness (QED) is 0.755. The second-order valence-corrected chi connectivity index (χ2v) is 7.11. The third-order valence-electron chi connectivity index (χ3n) is 2.93. The summed E-state index contributed by atoms with van der Waals surface area (Å²) in [6.45, 7) is 11.1. The molecular formula is C14H29NOS. The number of amides is 1. The molecule has 102 valence electrons. The highest BCUT2D eigenvalue weighted by Gasteiger charge is 2.25. The molecule has 1 N–H and O–H groups in total. The summed E-state index contributed by atoms with van der Waals surface area (Å²) >= 11 is 1.58. The van der Waals surface area contributed by atoms with Gasteiger partial charge in [0, 0.05) is 6.04 Å². The van der Waals surface area contributed by atoms with Gasteiger partial charge in [0.05, 0.1) is 5.75 Å². The molecule has 0 saturated heterocycles. The molecule has 2 nitrogen and oxygen atoms in total. The lowest BCUT2D eigenvalue weighted by Crippen LogP contribution is -2.44. The van der Waals surface area contributed by atoms with Crippen LogP contribution in [-0.4, -0.2) is 24.0 Å². The van der Waals surface area contributed by atoms with Crippen molar-refractivity contribution < 1.29 is 4.79 Å². The first-order valence-corrected chi connectivity index (χ1v) is 7.95. The fraction of sp³-hybridized carbons (Fsp3) is 0.929. The predicted octanol–water partition coefficient (Wildman–Crippen LogP) is 3.71. The van der Waals surface area contributed by atoms with Crippen LogP contribution in [-0.2, 0) is 4.79 Å². The van der Waals surface area contributed by atoms with Gasteiger partial charge in [-0.1, -0.05) is 47.5 Å². The van der Waals surface area contributed by atoms with Crippen molar-refractivity contribution >= 4 is 17.7 Å². The highest BCUT2D eigenvalue weighted by atomic mass is 32.2. The van der Waals surface area contributed by atoms with Crippen molar-refractivity contribution in [1.29, 1.82) is 0 Å². The minimum Gasteiger partial charge on any atom is -0.352 e. The fourth-order valence-corrected chi connectivity index (χ4v) is 2.16. The largest absolute Gasteiger partial charge is 0.352 e. The van der Waals surface area contributed by atoms with E-state index < -0.39 is 0 Å². The fourth-order valence-electron chi connectivity index (χ4n) is 1.82. The Bertz CT molecular complexity index is 221. The van der Waals surface area contributed by atoms with Crippen molar-refractivity contribution in [3.05, 3.63) is 0 Å². The van der Waals surface area contributed by atoms with Crippen molar-refractivity contribution in [2.75, 3.05) is 12.0 Å². The minimum absolute atomic E-state index is 0.144. The number of rotatable bonds is 7. The molecule has 1 atom stereocenters. The maximum atomic E-state index is 11.7. The summed E-state index contributed by atoms with van der Waals surface area (Å²) in [4.78, 5) is 11.7. The molecule has 0 aliphatic rings. The molecule has 0 radical (unpaired) electrons. The van der Waals surface area contributed by atoms with Gasteiger partial charge in [0.2, 0.25) is 5.91 Å². The van der Waals surface area contributed by atoms with Gasteiger partial charge < -0.3 is 5.32 Å². The zero-order valence-corrected chi connectivity index (χ0v) is 13.1. The van der Waals surface area contributed by atoms with E-state index in [2.05, 4.69) is 39.9 Å². The Labute approximate surface area is 111 Å². The van der Waals surface area contributed by atoms with Crippen LogP contribution >= 0.6 is 11.8 Å². The molecule has 0 fully saturated rings. The maximum Gasteiger partial charge on any atom is 0.230 e. The smallest absolute Gasteiger partial charge is 0.230 e. The van der Waals surface area contributed by atoms with Crippen LogP contribution in [0.3, 0.4) is 0 Å². The van der Waals surface area contributed by atoms with Crippen LogP contribution in [0.5, 0.6) is 0 Å². The van der Waals surface area contributed by atoms with E-state index in [1.807, 2.05) is 6.26 Å². The molecule has 0 aliphatic heterocycles.